The molecule has 1 aliphatic rings. The van der Waals surface area contributed by atoms with Crippen molar-refractivity contribution in [1.82, 2.24) is 4.57 Å². The first-order chi connectivity index (χ1) is 9.78. The molecule has 0 atom stereocenters. The molecule has 0 unspecified atom stereocenters. The summed E-state index contributed by atoms with van der Waals surface area (Å²) in [6.07, 6.45) is 3.44. The molecule has 2 heterocycles. The quantitative estimate of drug-likeness (QED) is 0.852. The van der Waals surface area contributed by atoms with Crippen LogP contribution in [0.2, 0.25) is 0 Å². The molecule has 0 aliphatic carbocycles. The molecule has 2 aromatic rings. The smallest absolute Gasteiger partial charge is 0.268 e. The van der Waals surface area contributed by atoms with Gasteiger partial charge in [0.15, 0.2) is 0 Å². The maximum absolute atomic E-state index is 11.9. The van der Waals surface area contributed by atoms with E-state index in [-0.39, 0.29) is 11.1 Å². The van der Waals surface area contributed by atoms with E-state index < -0.39 is 0 Å². The van der Waals surface area contributed by atoms with Gasteiger partial charge in [-0.25, -0.2) is 0 Å². The van der Waals surface area contributed by atoms with Crippen LogP contribution < -0.4 is 10.3 Å². The van der Waals surface area contributed by atoms with E-state index in [9.17, 15) is 4.79 Å². The van der Waals surface area contributed by atoms with Crippen LogP contribution in [0.3, 0.4) is 0 Å². The Morgan fingerprint density at radius 1 is 1.35 bits per heavy atom. The first-order valence-corrected chi connectivity index (χ1v) is 6.62. The molecular weight excluding hydrogens is 252 g/mol. The molecule has 20 heavy (non-hydrogen) atoms. The van der Waals surface area contributed by atoms with Gasteiger partial charge in [-0.3, -0.25) is 4.79 Å². The third-order valence-electron chi connectivity index (χ3n) is 3.54. The molecule has 1 aliphatic heterocycles. The van der Waals surface area contributed by atoms with Gasteiger partial charge in [-0.2, -0.15) is 5.26 Å². The van der Waals surface area contributed by atoms with Gasteiger partial charge >= 0.3 is 0 Å². The van der Waals surface area contributed by atoms with Crippen molar-refractivity contribution in [2.45, 2.75) is 19.4 Å². The standard InChI is InChI=1S/C16H14N2O2/c17-11-14-2-1-7-18(16(14)19)8-5-12-3-4-15-13(10-12)6-9-20-15/h1-4,7,10H,5-6,8-9H2. The van der Waals surface area contributed by atoms with Crippen LogP contribution in [0, 0.1) is 11.3 Å². The van der Waals surface area contributed by atoms with Crippen molar-refractivity contribution >= 4 is 0 Å². The number of nitriles is 1. The minimum atomic E-state index is -0.223. The molecule has 4 heteroatoms. The maximum Gasteiger partial charge on any atom is 0.268 e. The monoisotopic (exact) mass is 266 g/mol. The summed E-state index contributed by atoms with van der Waals surface area (Å²) in [6.45, 7) is 1.33. The summed E-state index contributed by atoms with van der Waals surface area (Å²) in [7, 11) is 0. The van der Waals surface area contributed by atoms with Gasteiger partial charge in [-0.05, 0) is 35.7 Å². The minimum Gasteiger partial charge on any atom is -0.493 e. The first-order valence-electron chi connectivity index (χ1n) is 6.62. The fraction of sp³-hybridized carbons (Fsp3) is 0.250. The Bertz CT molecular complexity index is 741. The van der Waals surface area contributed by atoms with Crippen molar-refractivity contribution < 1.29 is 4.74 Å². The molecule has 3 rings (SSSR count). The highest BCUT2D eigenvalue weighted by Gasteiger charge is 2.12. The second-order valence-corrected chi connectivity index (χ2v) is 4.82. The van der Waals surface area contributed by atoms with Crippen molar-refractivity contribution in [2.24, 2.45) is 0 Å². The van der Waals surface area contributed by atoms with Crippen LogP contribution in [-0.2, 0) is 19.4 Å². The molecule has 0 radical (unpaired) electrons. The highest BCUT2D eigenvalue weighted by atomic mass is 16.5. The topological polar surface area (TPSA) is 55.0 Å². The summed E-state index contributed by atoms with van der Waals surface area (Å²) in [5.41, 5.74) is 2.39. The van der Waals surface area contributed by atoms with Gasteiger partial charge < -0.3 is 9.30 Å². The van der Waals surface area contributed by atoms with Gasteiger partial charge in [0.05, 0.1) is 6.61 Å². The number of nitrogens with zero attached hydrogens (tertiary/aromatic N) is 2. The number of hydrogen-bond donors (Lipinski definition) is 0. The SMILES string of the molecule is N#Cc1cccn(CCc2ccc3c(c2)CCO3)c1=O. The van der Waals surface area contributed by atoms with Crippen LogP contribution >= 0.6 is 0 Å². The Kier molecular flexibility index (Phi) is 3.26. The van der Waals surface area contributed by atoms with E-state index in [1.165, 1.54) is 11.1 Å². The molecule has 0 bridgehead atoms. The van der Waals surface area contributed by atoms with E-state index in [1.54, 1.807) is 22.9 Å². The Labute approximate surface area is 116 Å². The zero-order chi connectivity index (χ0) is 13.9. The second-order valence-electron chi connectivity index (χ2n) is 4.82. The Hall–Kier alpha value is -2.54. The number of benzene rings is 1. The minimum absolute atomic E-state index is 0.190. The van der Waals surface area contributed by atoms with Gasteiger partial charge in [0.2, 0.25) is 0 Å². The summed E-state index contributed by atoms with van der Waals surface area (Å²) in [4.78, 5) is 11.9. The van der Waals surface area contributed by atoms with E-state index in [2.05, 4.69) is 6.07 Å². The molecule has 0 spiro atoms. The van der Waals surface area contributed by atoms with Crippen molar-refractivity contribution in [2.75, 3.05) is 6.61 Å². The number of rotatable bonds is 3. The summed E-state index contributed by atoms with van der Waals surface area (Å²) < 4.78 is 7.06. The van der Waals surface area contributed by atoms with Crippen molar-refractivity contribution in [1.29, 1.82) is 5.26 Å². The van der Waals surface area contributed by atoms with Crippen LogP contribution in [-0.4, -0.2) is 11.2 Å². The Balaban J connectivity index is 1.77. The molecule has 0 saturated carbocycles. The van der Waals surface area contributed by atoms with E-state index in [4.69, 9.17) is 10.00 Å². The predicted molar refractivity (Wildman–Crippen MR) is 74.8 cm³/mol. The molecule has 0 fully saturated rings. The fourth-order valence-corrected chi connectivity index (χ4v) is 2.44. The average molecular weight is 266 g/mol. The number of ether oxygens (including phenoxy) is 1. The maximum atomic E-state index is 11.9. The van der Waals surface area contributed by atoms with Gasteiger partial charge in [-0.1, -0.05) is 12.1 Å². The molecule has 1 aromatic heterocycles. The summed E-state index contributed by atoms with van der Waals surface area (Å²) in [6, 6.07) is 11.4. The molecule has 0 amide bonds. The number of fused-ring (bicyclic) bond motifs is 1. The lowest BCUT2D eigenvalue weighted by atomic mass is 10.1. The van der Waals surface area contributed by atoms with E-state index in [0.29, 0.717) is 6.54 Å². The summed E-state index contributed by atoms with van der Waals surface area (Å²) in [5.74, 6) is 0.970. The van der Waals surface area contributed by atoms with Crippen LogP contribution in [0.15, 0.2) is 41.3 Å². The van der Waals surface area contributed by atoms with Crippen LogP contribution in [0.4, 0.5) is 0 Å². The molecule has 0 N–H and O–H groups in total. The molecule has 100 valence electrons. The zero-order valence-corrected chi connectivity index (χ0v) is 11.0. The van der Waals surface area contributed by atoms with Crippen LogP contribution in [0.5, 0.6) is 5.75 Å². The lowest BCUT2D eigenvalue weighted by molar-refractivity contribution is 0.357. The second kappa shape index (κ2) is 5.22. The van der Waals surface area contributed by atoms with E-state index in [1.807, 2.05) is 18.2 Å². The predicted octanol–water partition coefficient (Wildman–Crippen LogP) is 1.90. The molecule has 1 aromatic carbocycles. The van der Waals surface area contributed by atoms with Gasteiger partial charge in [0, 0.05) is 19.2 Å². The van der Waals surface area contributed by atoms with Crippen molar-refractivity contribution in [3.63, 3.8) is 0 Å². The van der Waals surface area contributed by atoms with Gasteiger partial charge in [-0.15, -0.1) is 0 Å². The van der Waals surface area contributed by atoms with Gasteiger partial charge in [0.25, 0.3) is 5.56 Å². The summed E-state index contributed by atoms with van der Waals surface area (Å²) >= 11 is 0. The third kappa shape index (κ3) is 2.30. The number of aromatic nitrogens is 1. The van der Waals surface area contributed by atoms with Gasteiger partial charge in [0.1, 0.15) is 17.4 Å². The fourth-order valence-electron chi connectivity index (χ4n) is 2.44. The molecular formula is C16H14N2O2. The Morgan fingerprint density at radius 2 is 2.25 bits per heavy atom. The average Bonchev–Trinajstić information content (AvgIpc) is 2.93. The van der Waals surface area contributed by atoms with E-state index in [0.717, 1.165) is 25.2 Å². The highest BCUT2D eigenvalue weighted by molar-refractivity contribution is 5.39. The molecule has 0 saturated heterocycles. The number of pyridine rings is 1. The highest BCUT2D eigenvalue weighted by Crippen LogP contribution is 2.26. The third-order valence-corrected chi connectivity index (χ3v) is 3.54. The molecule has 4 nitrogen and oxygen atoms in total. The largest absolute Gasteiger partial charge is 0.493 e. The number of aryl methyl sites for hydroxylation is 2. The zero-order valence-electron chi connectivity index (χ0n) is 11.0. The van der Waals surface area contributed by atoms with Crippen molar-refractivity contribution in [3.05, 3.63) is 63.6 Å². The normalized spacial score (nSPS) is 12.6. The van der Waals surface area contributed by atoms with Crippen LogP contribution in [0.1, 0.15) is 16.7 Å². The van der Waals surface area contributed by atoms with Crippen LogP contribution in [0.25, 0.3) is 0 Å². The Morgan fingerprint density at radius 3 is 3.10 bits per heavy atom. The lowest BCUT2D eigenvalue weighted by Crippen LogP contribution is -2.22. The lowest BCUT2D eigenvalue weighted by Gasteiger charge is -2.07. The summed E-state index contributed by atoms with van der Waals surface area (Å²) in [5, 5.41) is 8.86. The van der Waals surface area contributed by atoms with E-state index >= 15 is 0 Å². The van der Waals surface area contributed by atoms with Crippen molar-refractivity contribution in [3.8, 4) is 11.8 Å². The number of hydrogen-bond acceptors (Lipinski definition) is 3. The first kappa shape index (κ1) is 12.5.